The van der Waals surface area contributed by atoms with Gasteiger partial charge in [-0.05, 0) is 71.4 Å². The lowest BCUT2D eigenvalue weighted by Gasteiger charge is -2.13. The Labute approximate surface area is 175 Å². The molecule has 0 fully saturated rings. The van der Waals surface area contributed by atoms with Crippen LogP contribution in [0, 0.1) is 6.92 Å². The molecule has 3 rings (SSSR count). The average Bonchev–Trinajstić information content (AvgIpc) is 3.02. The highest BCUT2D eigenvalue weighted by atomic mass is 16.7. The summed E-state index contributed by atoms with van der Waals surface area (Å²) in [5, 5.41) is 18.9. The van der Waals surface area contributed by atoms with Crippen LogP contribution in [-0.4, -0.2) is 20.9 Å². The van der Waals surface area contributed by atoms with Gasteiger partial charge in [0.2, 0.25) is 0 Å². The Kier molecular flexibility index (Phi) is 6.15. The number of carboxylic acid groups (broad SMARTS) is 1. The minimum atomic E-state index is -1.40. The van der Waals surface area contributed by atoms with Gasteiger partial charge in [-0.2, -0.15) is 0 Å². The first kappa shape index (κ1) is 21.4. The summed E-state index contributed by atoms with van der Waals surface area (Å²) < 4.78 is 6.36. The maximum atomic E-state index is 13.2. The first-order valence-corrected chi connectivity index (χ1v) is 10.1. The molecule has 1 aromatic heterocycles. The van der Waals surface area contributed by atoms with E-state index in [9.17, 15) is 14.7 Å². The fourth-order valence-electron chi connectivity index (χ4n) is 4.11. The lowest BCUT2D eigenvalue weighted by Crippen LogP contribution is -2.26. The van der Waals surface area contributed by atoms with Gasteiger partial charge in [-0.1, -0.05) is 32.9 Å². The van der Waals surface area contributed by atoms with Gasteiger partial charge in [-0.3, -0.25) is 4.79 Å². The highest BCUT2D eigenvalue weighted by Gasteiger charge is 2.27. The molecule has 0 radical (unpaired) electrons. The number of rotatable bonds is 6. The highest BCUT2D eigenvalue weighted by Crippen LogP contribution is 2.38. The third-order valence-corrected chi connectivity index (χ3v) is 5.61. The van der Waals surface area contributed by atoms with Crippen molar-refractivity contribution in [3.05, 3.63) is 74.7 Å². The maximum Gasteiger partial charge on any atom is 0.506 e. The molecule has 0 amide bonds. The number of carbonyl (C=O) groups is 1. The van der Waals surface area contributed by atoms with Crippen molar-refractivity contribution < 1.29 is 19.7 Å². The van der Waals surface area contributed by atoms with Gasteiger partial charge in [-0.15, -0.1) is 0 Å². The van der Waals surface area contributed by atoms with Crippen molar-refractivity contribution in [1.29, 1.82) is 0 Å². The number of nitrogens with zero attached hydrogens (tertiary/aromatic N) is 1. The van der Waals surface area contributed by atoms with Crippen molar-refractivity contribution in [3.8, 4) is 5.75 Å². The zero-order valence-electron chi connectivity index (χ0n) is 17.6. The van der Waals surface area contributed by atoms with E-state index in [1.54, 1.807) is 16.7 Å². The summed E-state index contributed by atoms with van der Waals surface area (Å²) in [5.41, 5.74) is 6.45. The summed E-state index contributed by atoms with van der Waals surface area (Å²) in [6, 6.07) is 7.21. The van der Waals surface area contributed by atoms with E-state index in [0.717, 1.165) is 51.9 Å². The van der Waals surface area contributed by atoms with Crippen molar-refractivity contribution in [2.75, 3.05) is 0 Å². The largest absolute Gasteiger partial charge is 0.508 e. The lowest BCUT2D eigenvalue weighted by molar-refractivity contribution is 0.0847. The Bertz CT molecular complexity index is 1110. The molecular formula is C24H27NO5. The molecule has 158 valence electrons. The van der Waals surface area contributed by atoms with Gasteiger partial charge in [0.25, 0.3) is 5.56 Å². The topological polar surface area (TPSA) is 88.8 Å². The summed E-state index contributed by atoms with van der Waals surface area (Å²) in [4.78, 5) is 24.1. The second kappa shape index (κ2) is 8.61. The summed E-state index contributed by atoms with van der Waals surface area (Å²) in [6.45, 7) is 10.4. The third-order valence-electron chi connectivity index (χ3n) is 5.61. The molecule has 1 aromatic carbocycles. The minimum absolute atomic E-state index is 0.193. The Morgan fingerprint density at radius 2 is 2.00 bits per heavy atom. The minimum Gasteiger partial charge on any atom is -0.508 e. The van der Waals surface area contributed by atoms with Gasteiger partial charge in [0.15, 0.2) is 0 Å². The Morgan fingerprint density at radius 3 is 2.63 bits per heavy atom. The number of pyridine rings is 1. The summed E-state index contributed by atoms with van der Waals surface area (Å²) in [7, 11) is 0. The smallest absolute Gasteiger partial charge is 0.506 e. The van der Waals surface area contributed by atoms with Crippen molar-refractivity contribution in [2.24, 2.45) is 0 Å². The number of phenols is 1. The Morgan fingerprint density at radius 1 is 1.27 bits per heavy atom. The van der Waals surface area contributed by atoms with Crippen LogP contribution < -0.4 is 5.56 Å². The number of aromatic hydroxyl groups is 1. The van der Waals surface area contributed by atoms with Gasteiger partial charge < -0.3 is 19.5 Å². The van der Waals surface area contributed by atoms with Gasteiger partial charge in [-0.25, -0.2) is 4.79 Å². The Balaban J connectivity index is 2.16. The van der Waals surface area contributed by atoms with E-state index in [1.165, 1.54) is 0 Å². The van der Waals surface area contributed by atoms with Crippen LogP contribution in [0.4, 0.5) is 4.79 Å². The predicted octanol–water partition coefficient (Wildman–Crippen LogP) is 4.90. The van der Waals surface area contributed by atoms with E-state index in [1.807, 2.05) is 32.9 Å². The van der Waals surface area contributed by atoms with E-state index in [2.05, 4.69) is 6.58 Å². The molecule has 2 N–H and O–H groups in total. The molecular weight excluding hydrogens is 382 g/mol. The standard InChI is InChI=1S/C24H27NO5/c1-5-7-16-10-22-15(4)20(12-25(22)23(27)21(16)13-30-24(28)29)18(6-2)19-11-17(26)9-8-14(19)3/h8-11,26H,4-7,12-13H2,1-3H3,(H,28,29)/b20-18-. The molecule has 0 saturated heterocycles. The number of allylic oxidation sites excluding steroid dienone is 3. The molecule has 0 aliphatic carbocycles. The van der Waals surface area contributed by atoms with E-state index in [-0.39, 0.29) is 17.9 Å². The van der Waals surface area contributed by atoms with Crippen LogP contribution in [0.1, 0.15) is 54.6 Å². The first-order chi connectivity index (χ1) is 14.3. The number of phenolic OH excluding ortho intramolecular Hbond substituents is 1. The molecule has 0 saturated carbocycles. The quantitative estimate of drug-likeness (QED) is 0.663. The third kappa shape index (κ3) is 3.90. The summed E-state index contributed by atoms with van der Waals surface area (Å²) in [5.74, 6) is 0.193. The van der Waals surface area contributed by atoms with Gasteiger partial charge >= 0.3 is 6.16 Å². The van der Waals surface area contributed by atoms with Crippen LogP contribution in [0.3, 0.4) is 0 Å². The fourth-order valence-corrected chi connectivity index (χ4v) is 4.11. The average molecular weight is 409 g/mol. The number of ether oxygens (including phenoxy) is 1. The maximum absolute atomic E-state index is 13.2. The number of fused-ring (bicyclic) bond motifs is 1. The zero-order chi connectivity index (χ0) is 22.0. The molecule has 1 aliphatic rings. The molecule has 0 unspecified atom stereocenters. The molecule has 1 aliphatic heterocycles. The highest BCUT2D eigenvalue weighted by molar-refractivity contribution is 5.90. The molecule has 0 atom stereocenters. The van der Waals surface area contributed by atoms with E-state index >= 15 is 0 Å². The van der Waals surface area contributed by atoms with Crippen molar-refractivity contribution >= 4 is 17.3 Å². The predicted molar refractivity (Wildman–Crippen MR) is 117 cm³/mol. The van der Waals surface area contributed by atoms with Gasteiger partial charge in [0.1, 0.15) is 12.4 Å². The van der Waals surface area contributed by atoms with Gasteiger partial charge in [0.05, 0.1) is 17.8 Å². The van der Waals surface area contributed by atoms with Crippen LogP contribution >= 0.6 is 0 Å². The number of benzene rings is 1. The van der Waals surface area contributed by atoms with Crippen LogP contribution in [0.25, 0.3) is 11.1 Å². The molecule has 2 heterocycles. The van der Waals surface area contributed by atoms with Crippen LogP contribution in [0.2, 0.25) is 0 Å². The monoisotopic (exact) mass is 409 g/mol. The van der Waals surface area contributed by atoms with E-state index in [4.69, 9.17) is 9.84 Å². The lowest BCUT2D eigenvalue weighted by atomic mass is 9.91. The number of aromatic nitrogens is 1. The first-order valence-electron chi connectivity index (χ1n) is 10.1. The second-order valence-corrected chi connectivity index (χ2v) is 7.52. The van der Waals surface area contributed by atoms with Gasteiger partial charge in [0, 0.05) is 0 Å². The fraction of sp³-hybridized carbons (Fsp3) is 0.333. The normalized spacial score (nSPS) is 14.6. The second-order valence-electron chi connectivity index (χ2n) is 7.52. The molecule has 0 bridgehead atoms. The van der Waals surface area contributed by atoms with Crippen LogP contribution in [0.5, 0.6) is 5.75 Å². The molecule has 0 spiro atoms. The Hall–Kier alpha value is -3.28. The summed E-state index contributed by atoms with van der Waals surface area (Å²) in [6.07, 6.45) is 0.791. The number of hydrogen-bond donors (Lipinski definition) is 2. The van der Waals surface area contributed by atoms with Crippen LogP contribution in [0.15, 0.2) is 41.2 Å². The molecule has 6 heteroatoms. The van der Waals surface area contributed by atoms with Crippen molar-refractivity contribution in [2.45, 2.75) is 53.2 Å². The zero-order valence-corrected chi connectivity index (χ0v) is 17.6. The molecule has 30 heavy (non-hydrogen) atoms. The SMILES string of the molecule is C=C1/C(=C(/CC)c2cc(O)ccc2C)Cn2c1cc(CCC)c(COC(=O)O)c2=O. The van der Waals surface area contributed by atoms with E-state index < -0.39 is 6.16 Å². The van der Waals surface area contributed by atoms with E-state index in [0.29, 0.717) is 18.5 Å². The number of hydrogen-bond acceptors (Lipinski definition) is 4. The molecule has 2 aromatic rings. The summed E-state index contributed by atoms with van der Waals surface area (Å²) >= 11 is 0. The van der Waals surface area contributed by atoms with Crippen molar-refractivity contribution in [1.82, 2.24) is 4.57 Å². The van der Waals surface area contributed by atoms with Crippen molar-refractivity contribution in [3.63, 3.8) is 0 Å². The molecule has 6 nitrogen and oxygen atoms in total. The van der Waals surface area contributed by atoms with Crippen LogP contribution in [-0.2, 0) is 24.3 Å². The number of aryl methyl sites for hydroxylation is 2.